The minimum atomic E-state index is -0.341. The van der Waals surface area contributed by atoms with Crippen molar-refractivity contribution in [1.82, 2.24) is 4.90 Å². The Morgan fingerprint density at radius 3 is 2.57 bits per heavy atom. The third-order valence-electron chi connectivity index (χ3n) is 6.34. The lowest BCUT2D eigenvalue weighted by Gasteiger charge is -2.33. The normalized spacial score (nSPS) is 19.6. The number of piperidine rings is 1. The summed E-state index contributed by atoms with van der Waals surface area (Å²) in [7, 11) is 0. The third-order valence-corrected chi connectivity index (χ3v) is 7.08. The highest BCUT2D eigenvalue weighted by molar-refractivity contribution is 7.98. The summed E-state index contributed by atoms with van der Waals surface area (Å²) in [5.41, 5.74) is 7.89. The van der Waals surface area contributed by atoms with E-state index < -0.39 is 0 Å². The smallest absolute Gasteiger partial charge is 0.319 e. The largest absolute Gasteiger partial charge is 0.493 e. The SMILES string of the molecule is CSc1ccc(OCC2CCN(CCC3Cc4ccccc4N3C(N)=O)CC2)cc1. The van der Waals surface area contributed by atoms with Crippen LogP contribution in [0.3, 0.4) is 0 Å². The first-order chi connectivity index (χ1) is 14.6. The number of nitrogens with two attached hydrogens (primary N) is 1. The van der Waals surface area contributed by atoms with E-state index in [2.05, 4.69) is 41.5 Å². The highest BCUT2D eigenvalue weighted by Gasteiger charge is 2.32. The van der Waals surface area contributed by atoms with Crippen LogP contribution in [0.25, 0.3) is 0 Å². The number of anilines is 1. The zero-order valence-corrected chi connectivity index (χ0v) is 18.4. The highest BCUT2D eigenvalue weighted by atomic mass is 32.2. The van der Waals surface area contributed by atoms with Gasteiger partial charge in [-0.05, 0) is 86.8 Å². The van der Waals surface area contributed by atoms with Gasteiger partial charge in [0, 0.05) is 23.2 Å². The van der Waals surface area contributed by atoms with Gasteiger partial charge in [0.25, 0.3) is 0 Å². The summed E-state index contributed by atoms with van der Waals surface area (Å²) in [6.07, 6.45) is 6.26. The number of ether oxygens (including phenoxy) is 1. The van der Waals surface area contributed by atoms with E-state index in [9.17, 15) is 4.79 Å². The Labute approximate surface area is 183 Å². The van der Waals surface area contributed by atoms with Crippen molar-refractivity contribution in [2.45, 2.75) is 36.6 Å². The van der Waals surface area contributed by atoms with E-state index in [1.807, 2.05) is 18.2 Å². The summed E-state index contributed by atoms with van der Waals surface area (Å²) in [6.45, 7) is 3.98. The number of benzene rings is 2. The molecule has 2 aliphatic rings. The fourth-order valence-corrected chi connectivity index (χ4v) is 4.99. The number of thioether (sulfide) groups is 1. The predicted molar refractivity (Wildman–Crippen MR) is 123 cm³/mol. The minimum Gasteiger partial charge on any atom is -0.493 e. The molecule has 1 atom stereocenters. The van der Waals surface area contributed by atoms with Gasteiger partial charge in [0.1, 0.15) is 5.75 Å². The molecule has 0 bridgehead atoms. The van der Waals surface area contributed by atoms with Crippen molar-refractivity contribution in [2.75, 3.05) is 37.4 Å². The molecule has 1 unspecified atom stereocenters. The Kier molecular flexibility index (Phi) is 6.85. The van der Waals surface area contributed by atoms with E-state index in [-0.39, 0.29) is 12.1 Å². The zero-order chi connectivity index (χ0) is 20.9. The number of rotatable bonds is 7. The van der Waals surface area contributed by atoms with Crippen LogP contribution in [0.5, 0.6) is 5.75 Å². The Morgan fingerprint density at radius 1 is 1.13 bits per heavy atom. The first-order valence-electron chi connectivity index (χ1n) is 10.8. The summed E-state index contributed by atoms with van der Waals surface area (Å²) in [6, 6.07) is 16.3. The minimum absolute atomic E-state index is 0.171. The van der Waals surface area contributed by atoms with Crippen LogP contribution in [0.15, 0.2) is 53.4 Å². The van der Waals surface area contributed by atoms with Gasteiger partial charge in [-0.25, -0.2) is 4.79 Å². The number of para-hydroxylation sites is 1. The maximum atomic E-state index is 12.0. The molecule has 1 fully saturated rings. The van der Waals surface area contributed by atoms with Crippen molar-refractivity contribution in [2.24, 2.45) is 11.7 Å². The number of carbonyl (C=O) groups excluding carboxylic acids is 1. The Hall–Kier alpha value is -2.18. The van der Waals surface area contributed by atoms with Crippen LogP contribution in [-0.2, 0) is 6.42 Å². The molecule has 2 aromatic carbocycles. The van der Waals surface area contributed by atoms with Gasteiger partial charge in [-0.15, -0.1) is 11.8 Å². The monoisotopic (exact) mass is 425 g/mol. The second-order valence-corrected chi connectivity index (χ2v) is 9.13. The number of nitrogens with zero attached hydrogens (tertiary/aromatic N) is 2. The Morgan fingerprint density at radius 2 is 1.87 bits per heavy atom. The first kappa shape index (κ1) is 21.1. The molecule has 30 heavy (non-hydrogen) atoms. The van der Waals surface area contributed by atoms with Gasteiger partial charge in [-0.1, -0.05) is 18.2 Å². The molecule has 5 nitrogen and oxygen atoms in total. The third kappa shape index (κ3) is 4.93. The zero-order valence-electron chi connectivity index (χ0n) is 17.6. The average Bonchev–Trinajstić information content (AvgIpc) is 3.16. The van der Waals surface area contributed by atoms with Gasteiger partial charge in [0.05, 0.1) is 6.61 Å². The number of amides is 2. The van der Waals surface area contributed by atoms with Crippen molar-refractivity contribution < 1.29 is 9.53 Å². The fourth-order valence-electron chi connectivity index (χ4n) is 4.58. The summed E-state index contributed by atoms with van der Waals surface area (Å²) >= 11 is 1.75. The molecule has 2 aliphatic heterocycles. The lowest BCUT2D eigenvalue weighted by atomic mass is 9.97. The molecule has 160 valence electrons. The summed E-state index contributed by atoms with van der Waals surface area (Å²) in [4.78, 5) is 17.6. The van der Waals surface area contributed by atoms with Gasteiger partial charge in [0.15, 0.2) is 0 Å². The number of likely N-dealkylation sites (tertiary alicyclic amines) is 1. The van der Waals surface area contributed by atoms with Gasteiger partial charge >= 0.3 is 6.03 Å². The van der Waals surface area contributed by atoms with Gasteiger partial charge in [-0.3, -0.25) is 4.90 Å². The molecule has 0 spiro atoms. The van der Waals surface area contributed by atoms with Crippen LogP contribution in [0, 0.1) is 5.92 Å². The lowest BCUT2D eigenvalue weighted by molar-refractivity contribution is 0.138. The molecular formula is C24H31N3O2S. The second kappa shape index (κ2) is 9.75. The van der Waals surface area contributed by atoms with Crippen LogP contribution in [0.1, 0.15) is 24.8 Å². The Balaban J connectivity index is 1.21. The fraction of sp³-hybridized carbons (Fsp3) is 0.458. The molecule has 4 rings (SSSR count). The van der Waals surface area contributed by atoms with Crippen LogP contribution in [-0.4, -0.2) is 49.5 Å². The number of fused-ring (bicyclic) bond motifs is 1. The number of carbonyl (C=O) groups is 1. The molecule has 2 N–H and O–H groups in total. The topological polar surface area (TPSA) is 58.8 Å². The van der Waals surface area contributed by atoms with E-state index in [1.54, 1.807) is 16.7 Å². The van der Waals surface area contributed by atoms with Crippen molar-refractivity contribution in [3.05, 3.63) is 54.1 Å². The lowest BCUT2D eigenvalue weighted by Crippen LogP contribution is -2.44. The van der Waals surface area contributed by atoms with E-state index >= 15 is 0 Å². The summed E-state index contributed by atoms with van der Waals surface area (Å²) in [5, 5.41) is 0. The van der Waals surface area contributed by atoms with E-state index in [0.717, 1.165) is 63.4 Å². The van der Waals surface area contributed by atoms with Crippen molar-refractivity contribution in [1.29, 1.82) is 0 Å². The van der Waals surface area contributed by atoms with Crippen LogP contribution in [0.2, 0.25) is 0 Å². The van der Waals surface area contributed by atoms with Crippen LogP contribution < -0.4 is 15.4 Å². The standard InChI is InChI=1S/C24H31N3O2S/c1-30-22-8-6-21(7-9-22)29-17-18-10-13-26(14-11-18)15-12-20-16-19-4-2-3-5-23(19)27(20)24(25)28/h2-9,18,20H,10-17H2,1H3,(H2,25,28). The molecule has 1 saturated heterocycles. The van der Waals surface area contributed by atoms with Crippen LogP contribution in [0.4, 0.5) is 10.5 Å². The number of primary amides is 1. The molecule has 2 heterocycles. The predicted octanol–water partition coefficient (Wildman–Crippen LogP) is 4.40. The van der Waals surface area contributed by atoms with E-state index in [0.29, 0.717) is 5.92 Å². The maximum absolute atomic E-state index is 12.0. The van der Waals surface area contributed by atoms with Crippen molar-refractivity contribution in [3.63, 3.8) is 0 Å². The second-order valence-electron chi connectivity index (χ2n) is 8.26. The van der Waals surface area contributed by atoms with E-state index in [4.69, 9.17) is 10.5 Å². The van der Waals surface area contributed by atoms with Crippen molar-refractivity contribution in [3.8, 4) is 5.75 Å². The molecule has 0 radical (unpaired) electrons. The summed E-state index contributed by atoms with van der Waals surface area (Å²) in [5.74, 6) is 1.57. The molecule has 0 aliphatic carbocycles. The maximum Gasteiger partial charge on any atom is 0.319 e. The molecule has 0 aromatic heterocycles. The average molecular weight is 426 g/mol. The van der Waals surface area contributed by atoms with Gasteiger partial charge in [0.2, 0.25) is 0 Å². The quantitative estimate of drug-likeness (QED) is 0.668. The molecular weight excluding hydrogens is 394 g/mol. The van der Waals surface area contributed by atoms with Gasteiger partial charge in [-0.2, -0.15) is 0 Å². The van der Waals surface area contributed by atoms with Gasteiger partial charge < -0.3 is 15.4 Å². The number of hydrogen-bond donors (Lipinski definition) is 1. The molecule has 6 heteroatoms. The Bertz CT molecular complexity index is 850. The van der Waals surface area contributed by atoms with Crippen molar-refractivity contribution >= 4 is 23.5 Å². The molecule has 2 amide bonds. The summed E-state index contributed by atoms with van der Waals surface area (Å²) < 4.78 is 6.01. The van der Waals surface area contributed by atoms with E-state index in [1.165, 1.54) is 10.5 Å². The molecule has 0 saturated carbocycles. The first-order valence-corrected chi connectivity index (χ1v) is 12.0. The molecule has 2 aromatic rings. The highest BCUT2D eigenvalue weighted by Crippen LogP contribution is 2.33. The number of hydrogen-bond acceptors (Lipinski definition) is 4. The number of urea groups is 1. The van der Waals surface area contributed by atoms with Crippen LogP contribution >= 0.6 is 11.8 Å².